The first-order valence-electron chi connectivity index (χ1n) is 11.1. The Kier molecular flexibility index (Phi) is 7.11. The highest BCUT2D eigenvalue weighted by atomic mass is 32.1. The van der Waals surface area contributed by atoms with E-state index in [1.54, 1.807) is 32.0 Å². The maximum atomic E-state index is 13.7. The summed E-state index contributed by atoms with van der Waals surface area (Å²) in [7, 11) is 2.98. The molecule has 1 N–H and O–H groups in total. The number of esters is 1. The van der Waals surface area contributed by atoms with Crippen molar-refractivity contribution in [2.45, 2.75) is 19.9 Å². The molecule has 0 saturated carbocycles. The molecule has 2 aromatic carbocycles. The molecular formula is C25H23N3O8S. The summed E-state index contributed by atoms with van der Waals surface area (Å²) in [5.41, 5.74) is 0.490. The van der Waals surface area contributed by atoms with E-state index in [0.29, 0.717) is 27.6 Å². The van der Waals surface area contributed by atoms with Gasteiger partial charge in [-0.15, -0.1) is 0 Å². The second-order valence-electron chi connectivity index (χ2n) is 7.92. The number of phenolic OH excluding ortho intramolecular Hbond substituents is 1. The van der Waals surface area contributed by atoms with E-state index in [9.17, 15) is 24.8 Å². The van der Waals surface area contributed by atoms with Crippen LogP contribution in [0.4, 0.5) is 5.69 Å². The molecule has 2 heterocycles. The van der Waals surface area contributed by atoms with Gasteiger partial charge in [-0.3, -0.25) is 19.5 Å². The summed E-state index contributed by atoms with van der Waals surface area (Å²) < 4.78 is 17.6. The van der Waals surface area contributed by atoms with Crippen LogP contribution >= 0.6 is 11.3 Å². The number of hydrogen-bond acceptors (Lipinski definition) is 10. The van der Waals surface area contributed by atoms with Gasteiger partial charge in [0, 0.05) is 17.7 Å². The molecule has 0 radical (unpaired) electrons. The van der Waals surface area contributed by atoms with Crippen molar-refractivity contribution in [1.82, 2.24) is 4.57 Å². The van der Waals surface area contributed by atoms with E-state index in [2.05, 4.69) is 4.99 Å². The highest BCUT2D eigenvalue weighted by Gasteiger charge is 2.34. The smallest absolute Gasteiger partial charge is 0.338 e. The third kappa shape index (κ3) is 4.70. The number of carbonyl (C=O) groups excluding carboxylic acids is 1. The fourth-order valence-electron chi connectivity index (χ4n) is 4.04. The van der Waals surface area contributed by atoms with Crippen LogP contribution in [0.1, 0.15) is 31.0 Å². The number of non-ortho nitro benzene ring substituents is 1. The fourth-order valence-corrected chi connectivity index (χ4v) is 5.08. The van der Waals surface area contributed by atoms with Gasteiger partial charge in [0.15, 0.2) is 16.3 Å². The number of benzene rings is 2. The SMILES string of the molecule is CCOC(=O)C1=C(C)N=c2s/c(=C\c3cc([N+](=O)[O-])ccc3O)c(=O)n2C1c1ccc(OC)c(OC)c1. The van der Waals surface area contributed by atoms with Crippen LogP contribution in [0.3, 0.4) is 0 Å². The van der Waals surface area contributed by atoms with Crippen molar-refractivity contribution in [1.29, 1.82) is 0 Å². The van der Waals surface area contributed by atoms with Crippen molar-refractivity contribution in [2.24, 2.45) is 4.99 Å². The van der Waals surface area contributed by atoms with E-state index >= 15 is 0 Å². The van der Waals surface area contributed by atoms with Gasteiger partial charge in [0.05, 0.1) is 47.6 Å². The molecule has 11 nitrogen and oxygen atoms in total. The van der Waals surface area contributed by atoms with Crippen LogP contribution in [0, 0.1) is 10.1 Å². The second kappa shape index (κ2) is 10.3. The number of phenols is 1. The number of ether oxygens (including phenoxy) is 3. The van der Waals surface area contributed by atoms with E-state index in [1.165, 1.54) is 43.1 Å². The molecule has 1 atom stereocenters. The molecule has 12 heteroatoms. The Bertz CT molecular complexity index is 1620. The van der Waals surface area contributed by atoms with E-state index in [0.717, 1.165) is 11.3 Å². The number of rotatable bonds is 7. The lowest BCUT2D eigenvalue weighted by molar-refractivity contribution is -0.384. The van der Waals surface area contributed by atoms with Crippen molar-refractivity contribution < 1.29 is 29.0 Å². The number of allylic oxidation sites excluding steroid dienone is 1. The van der Waals surface area contributed by atoms with Crippen LogP contribution in [-0.4, -0.2) is 41.4 Å². The zero-order valence-corrected chi connectivity index (χ0v) is 21.2. The first kappa shape index (κ1) is 25.6. The summed E-state index contributed by atoms with van der Waals surface area (Å²) in [5, 5.41) is 21.4. The predicted octanol–water partition coefficient (Wildman–Crippen LogP) is 2.43. The van der Waals surface area contributed by atoms with Gasteiger partial charge in [-0.05, 0) is 43.7 Å². The van der Waals surface area contributed by atoms with Crippen LogP contribution in [0.15, 0.2) is 57.5 Å². The van der Waals surface area contributed by atoms with Crippen molar-refractivity contribution in [3.63, 3.8) is 0 Å². The van der Waals surface area contributed by atoms with Gasteiger partial charge in [-0.1, -0.05) is 17.4 Å². The Morgan fingerprint density at radius 2 is 1.95 bits per heavy atom. The summed E-state index contributed by atoms with van der Waals surface area (Å²) in [5.74, 6) is 0.0325. The van der Waals surface area contributed by atoms with E-state index in [-0.39, 0.29) is 33.7 Å². The Balaban J connectivity index is 1.98. The van der Waals surface area contributed by atoms with Crippen molar-refractivity contribution >= 4 is 29.1 Å². The summed E-state index contributed by atoms with van der Waals surface area (Å²) >= 11 is 1.03. The molecule has 0 bridgehead atoms. The fraction of sp³-hybridized carbons (Fsp3) is 0.240. The summed E-state index contributed by atoms with van der Waals surface area (Å²) in [4.78, 5) is 42.1. The highest BCUT2D eigenvalue weighted by molar-refractivity contribution is 7.07. The topological polar surface area (TPSA) is 142 Å². The number of hydrogen-bond donors (Lipinski definition) is 1. The molecule has 37 heavy (non-hydrogen) atoms. The van der Waals surface area contributed by atoms with E-state index < -0.39 is 22.5 Å². The first-order chi connectivity index (χ1) is 17.7. The van der Waals surface area contributed by atoms with Crippen molar-refractivity contribution in [2.75, 3.05) is 20.8 Å². The molecule has 0 amide bonds. The maximum absolute atomic E-state index is 13.7. The Hall–Kier alpha value is -4.45. The average Bonchev–Trinajstić information content (AvgIpc) is 3.18. The van der Waals surface area contributed by atoms with Crippen LogP contribution < -0.4 is 24.4 Å². The number of aromatic hydroxyl groups is 1. The number of methoxy groups -OCH3 is 2. The number of carbonyl (C=O) groups is 1. The molecule has 0 saturated heterocycles. The normalized spacial score (nSPS) is 15.1. The lowest BCUT2D eigenvalue weighted by atomic mass is 9.95. The molecule has 0 spiro atoms. The number of nitrogens with zero attached hydrogens (tertiary/aromatic N) is 3. The molecule has 1 aliphatic heterocycles. The Labute approximate surface area is 214 Å². The van der Waals surface area contributed by atoms with E-state index in [4.69, 9.17) is 14.2 Å². The molecule has 1 aromatic heterocycles. The first-order valence-corrected chi connectivity index (χ1v) is 11.9. The van der Waals surface area contributed by atoms with Crippen LogP contribution in [-0.2, 0) is 9.53 Å². The van der Waals surface area contributed by atoms with Crippen molar-refractivity contribution in [3.05, 3.63) is 88.6 Å². The number of aromatic nitrogens is 1. The second-order valence-corrected chi connectivity index (χ2v) is 8.93. The number of nitro groups is 1. The van der Waals surface area contributed by atoms with Crippen molar-refractivity contribution in [3.8, 4) is 17.2 Å². The molecular weight excluding hydrogens is 502 g/mol. The van der Waals surface area contributed by atoms with Gasteiger partial charge in [0.2, 0.25) is 0 Å². The molecule has 1 aliphatic rings. The minimum absolute atomic E-state index is 0.100. The predicted molar refractivity (Wildman–Crippen MR) is 135 cm³/mol. The van der Waals surface area contributed by atoms with Gasteiger partial charge in [0.25, 0.3) is 11.2 Å². The standard InChI is InChI=1S/C25H23N3O8S/c1-5-36-24(31)21-13(2)26-25-27(22(21)14-6-9-18(34-3)19(11-14)35-4)23(30)20(37-25)12-15-10-16(28(32)33)7-8-17(15)29/h6-12,22,29H,5H2,1-4H3/b20-12-. The molecule has 0 fully saturated rings. The lowest BCUT2D eigenvalue weighted by Gasteiger charge is -2.25. The van der Waals surface area contributed by atoms with Gasteiger partial charge in [0.1, 0.15) is 5.75 Å². The third-order valence-corrected chi connectivity index (χ3v) is 6.73. The molecule has 4 rings (SSSR count). The monoisotopic (exact) mass is 525 g/mol. The molecule has 192 valence electrons. The maximum Gasteiger partial charge on any atom is 0.338 e. The van der Waals surface area contributed by atoms with Gasteiger partial charge < -0.3 is 19.3 Å². The van der Waals surface area contributed by atoms with Gasteiger partial charge in [-0.25, -0.2) is 9.79 Å². The highest BCUT2D eigenvalue weighted by Crippen LogP contribution is 2.36. The summed E-state index contributed by atoms with van der Waals surface area (Å²) in [6.07, 6.45) is 1.36. The largest absolute Gasteiger partial charge is 0.507 e. The van der Waals surface area contributed by atoms with Gasteiger partial charge in [-0.2, -0.15) is 0 Å². The summed E-state index contributed by atoms with van der Waals surface area (Å²) in [6.45, 7) is 3.47. The van der Waals surface area contributed by atoms with Crippen LogP contribution in [0.5, 0.6) is 17.2 Å². The average molecular weight is 526 g/mol. The molecule has 3 aromatic rings. The Morgan fingerprint density at radius 1 is 1.22 bits per heavy atom. The van der Waals surface area contributed by atoms with Crippen LogP contribution in [0.2, 0.25) is 0 Å². The molecule has 0 aliphatic carbocycles. The Morgan fingerprint density at radius 3 is 2.59 bits per heavy atom. The zero-order chi connectivity index (χ0) is 26.9. The van der Waals surface area contributed by atoms with Crippen LogP contribution in [0.25, 0.3) is 6.08 Å². The lowest BCUT2D eigenvalue weighted by Crippen LogP contribution is -2.40. The van der Waals surface area contributed by atoms with Gasteiger partial charge >= 0.3 is 5.97 Å². The third-order valence-electron chi connectivity index (χ3n) is 5.75. The minimum Gasteiger partial charge on any atom is -0.507 e. The number of nitro benzene ring substituents is 1. The zero-order valence-electron chi connectivity index (χ0n) is 20.4. The number of thiazole rings is 1. The van der Waals surface area contributed by atoms with E-state index in [1.807, 2.05) is 0 Å². The summed E-state index contributed by atoms with van der Waals surface area (Å²) in [6, 6.07) is 7.70. The number of fused-ring (bicyclic) bond motifs is 1. The minimum atomic E-state index is -0.893. The quantitative estimate of drug-likeness (QED) is 0.282. The molecule has 1 unspecified atom stereocenters.